The van der Waals surface area contributed by atoms with Gasteiger partial charge in [-0.25, -0.2) is 12.8 Å². The molecule has 4 nitrogen and oxygen atoms in total. The molecule has 0 spiro atoms. The highest BCUT2D eigenvalue weighted by Crippen LogP contribution is 2.24. The first kappa shape index (κ1) is 16.1. The van der Waals surface area contributed by atoms with Crippen LogP contribution in [0, 0.1) is 5.82 Å². The van der Waals surface area contributed by atoms with E-state index < -0.39 is 15.8 Å². The molecular formula is C15H23FN2O2S. The van der Waals surface area contributed by atoms with Gasteiger partial charge in [0, 0.05) is 11.7 Å². The monoisotopic (exact) mass is 314 g/mol. The smallest absolute Gasteiger partial charge is 0.229 e. The van der Waals surface area contributed by atoms with Gasteiger partial charge in [0.15, 0.2) is 0 Å². The molecule has 0 atom stereocenters. The van der Waals surface area contributed by atoms with Crippen LogP contribution in [0.15, 0.2) is 18.2 Å². The number of anilines is 2. The lowest BCUT2D eigenvalue weighted by Crippen LogP contribution is -2.20. The van der Waals surface area contributed by atoms with E-state index in [1.54, 1.807) is 6.07 Å². The Bertz CT molecular complexity index is 567. The maximum atomic E-state index is 13.6. The minimum Gasteiger partial charge on any atom is -0.382 e. The highest BCUT2D eigenvalue weighted by atomic mass is 32.2. The summed E-state index contributed by atoms with van der Waals surface area (Å²) < 4.78 is 38.3. The fraction of sp³-hybridized carbons (Fsp3) is 0.600. The van der Waals surface area contributed by atoms with Crippen molar-refractivity contribution in [3.63, 3.8) is 0 Å². The second-order valence-electron chi connectivity index (χ2n) is 5.76. The van der Waals surface area contributed by atoms with Gasteiger partial charge >= 0.3 is 0 Å². The van der Waals surface area contributed by atoms with Gasteiger partial charge in [0.05, 0.1) is 11.9 Å². The lowest BCUT2D eigenvalue weighted by Gasteiger charge is -2.22. The molecule has 0 saturated heterocycles. The maximum absolute atomic E-state index is 13.6. The van der Waals surface area contributed by atoms with Gasteiger partial charge < -0.3 is 5.32 Å². The molecule has 2 rings (SSSR count). The summed E-state index contributed by atoms with van der Waals surface area (Å²) in [6.07, 6.45) is 9.47. The Morgan fingerprint density at radius 3 is 2.33 bits per heavy atom. The van der Waals surface area contributed by atoms with Gasteiger partial charge in [-0.15, -0.1) is 0 Å². The fourth-order valence-electron chi connectivity index (χ4n) is 2.73. The zero-order chi connectivity index (χ0) is 15.3. The highest BCUT2D eigenvalue weighted by Gasteiger charge is 2.13. The third-order valence-electron chi connectivity index (χ3n) is 3.74. The first-order chi connectivity index (χ1) is 9.94. The number of benzene rings is 1. The predicted molar refractivity (Wildman–Crippen MR) is 84.6 cm³/mol. The Hall–Kier alpha value is -1.30. The van der Waals surface area contributed by atoms with E-state index in [-0.39, 0.29) is 5.69 Å². The molecule has 0 unspecified atom stereocenters. The van der Waals surface area contributed by atoms with Crippen LogP contribution in [0.25, 0.3) is 0 Å². The van der Waals surface area contributed by atoms with E-state index in [9.17, 15) is 12.8 Å². The molecule has 6 heteroatoms. The molecule has 118 valence electrons. The van der Waals surface area contributed by atoms with Crippen LogP contribution in [0.2, 0.25) is 0 Å². The van der Waals surface area contributed by atoms with Gasteiger partial charge in [-0.3, -0.25) is 4.72 Å². The van der Waals surface area contributed by atoms with Crippen LogP contribution in [0.3, 0.4) is 0 Å². The van der Waals surface area contributed by atoms with E-state index in [1.165, 1.54) is 44.2 Å². The number of sulfonamides is 1. The minimum absolute atomic E-state index is 0.00616. The molecule has 0 bridgehead atoms. The molecule has 1 saturated carbocycles. The zero-order valence-corrected chi connectivity index (χ0v) is 13.2. The van der Waals surface area contributed by atoms with Crippen LogP contribution in [-0.2, 0) is 10.0 Å². The van der Waals surface area contributed by atoms with Crippen LogP contribution >= 0.6 is 0 Å². The first-order valence-electron chi connectivity index (χ1n) is 7.48. The van der Waals surface area contributed by atoms with E-state index in [0.717, 1.165) is 24.8 Å². The predicted octanol–water partition coefficient (Wildman–Crippen LogP) is 3.72. The molecule has 0 radical (unpaired) electrons. The van der Waals surface area contributed by atoms with Crippen molar-refractivity contribution in [1.29, 1.82) is 0 Å². The molecule has 2 N–H and O–H groups in total. The molecule has 21 heavy (non-hydrogen) atoms. The second kappa shape index (κ2) is 7.11. The van der Waals surface area contributed by atoms with Crippen molar-refractivity contribution >= 4 is 21.4 Å². The van der Waals surface area contributed by atoms with E-state index in [2.05, 4.69) is 10.0 Å². The summed E-state index contributed by atoms with van der Waals surface area (Å²) in [5.74, 6) is -0.566. The zero-order valence-electron chi connectivity index (χ0n) is 12.4. The summed E-state index contributed by atoms with van der Waals surface area (Å²) in [5.41, 5.74) is 0.751. The molecule has 1 fully saturated rings. The van der Waals surface area contributed by atoms with Crippen molar-refractivity contribution < 1.29 is 12.8 Å². The lowest BCUT2D eigenvalue weighted by molar-refractivity contribution is 0.471. The van der Waals surface area contributed by atoms with Gasteiger partial charge in [-0.1, -0.05) is 32.1 Å². The number of hydrogen-bond acceptors (Lipinski definition) is 3. The van der Waals surface area contributed by atoms with E-state index in [1.807, 2.05) is 0 Å². The Kier molecular flexibility index (Phi) is 5.45. The summed E-state index contributed by atoms with van der Waals surface area (Å²) in [4.78, 5) is 0. The number of nitrogens with one attached hydrogen (secondary N) is 2. The average molecular weight is 314 g/mol. The van der Waals surface area contributed by atoms with Crippen molar-refractivity contribution in [3.05, 3.63) is 24.0 Å². The number of hydrogen-bond donors (Lipinski definition) is 2. The Labute approximate surface area is 126 Å². The Morgan fingerprint density at radius 1 is 1.10 bits per heavy atom. The van der Waals surface area contributed by atoms with E-state index in [0.29, 0.717) is 6.04 Å². The van der Waals surface area contributed by atoms with Crippen LogP contribution < -0.4 is 10.0 Å². The normalized spacial score (nSPS) is 17.8. The van der Waals surface area contributed by atoms with Crippen molar-refractivity contribution in [1.82, 2.24) is 0 Å². The molecule has 0 heterocycles. The summed E-state index contributed by atoms with van der Waals surface area (Å²) in [6.45, 7) is 0. The third kappa shape index (κ3) is 5.53. The lowest BCUT2D eigenvalue weighted by atomic mass is 9.96. The van der Waals surface area contributed by atoms with Crippen LogP contribution in [-0.4, -0.2) is 20.7 Å². The molecule has 1 aliphatic rings. The minimum atomic E-state index is -3.48. The summed E-state index contributed by atoms with van der Waals surface area (Å²) >= 11 is 0. The van der Waals surface area contributed by atoms with E-state index in [4.69, 9.17) is 0 Å². The van der Waals surface area contributed by atoms with Crippen molar-refractivity contribution in [3.8, 4) is 0 Å². The third-order valence-corrected chi connectivity index (χ3v) is 4.33. The molecule has 0 aromatic heterocycles. The Balaban J connectivity index is 2.07. The molecule has 1 aromatic rings. The van der Waals surface area contributed by atoms with Crippen molar-refractivity contribution in [2.75, 3.05) is 16.3 Å². The summed E-state index contributed by atoms with van der Waals surface area (Å²) in [7, 11) is -3.48. The summed E-state index contributed by atoms with van der Waals surface area (Å²) in [5, 5.41) is 3.40. The van der Waals surface area contributed by atoms with Gasteiger partial charge in [0.25, 0.3) is 0 Å². The standard InChI is InChI=1S/C15H23FN2O2S/c1-21(19,20)18-15-11-13(9-10-14(15)16)17-12-7-5-3-2-4-6-8-12/h9-12,17-18H,2-8H2,1H3. The van der Waals surface area contributed by atoms with Gasteiger partial charge in [0.2, 0.25) is 10.0 Å². The van der Waals surface area contributed by atoms with Gasteiger partial charge in [0.1, 0.15) is 5.82 Å². The largest absolute Gasteiger partial charge is 0.382 e. The van der Waals surface area contributed by atoms with Crippen molar-refractivity contribution in [2.24, 2.45) is 0 Å². The van der Waals surface area contributed by atoms with Crippen LogP contribution in [0.1, 0.15) is 44.9 Å². The molecule has 0 aliphatic heterocycles. The molecule has 1 aromatic carbocycles. The molecular weight excluding hydrogens is 291 g/mol. The molecule has 0 amide bonds. The van der Waals surface area contributed by atoms with Crippen LogP contribution in [0.5, 0.6) is 0 Å². The van der Waals surface area contributed by atoms with Crippen molar-refractivity contribution in [2.45, 2.75) is 51.0 Å². The van der Waals surface area contributed by atoms with E-state index >= 15 is 0 Å². The second-order valence-corrected chi connectivity index (χ2v) is 7.50. The molecule has 1 aliphatic carbocycles. The maximum Gasteiger partial charge on any atom is 0.229 e. The highest BCUT2D eigenvalue weighted by molar-refractivity contribution is 7.92. The quantitative estimate of drug-likeness (QED) is 0.890. The number of halogens is 1. The topological polar surface area (TPSA) is 58.2 Å². The summed E-state index contributed by atoms with van der Waals surface area (Å²) in [6, 6.07) is 4.84. The fourth-order valence-corrected chi connectivity index (χ4v) is 3.29. The van der Waals surface area contributed by atoms with Gasteiger partial charge in [-0.2, -0.15) is 0 Å². The SMILES string of the molecule is CS(=O)(=O)Nc1cc(NC2CCCCCCC2)ccc1F. The first-order valence-corrected chi connectivity index (χ1v) is 9.37. The van der Waals surface area contributed by atoms with Gasteiger partial charge in [-0.05, 0) is 31.0 Å². The van der Waals surface area contributed by atoms with Crippen LogP contribution in [0.4, 0.5) is 15.8 Å². The average Bonchev–Trinajstić information content (AvgIpc) is 2.35. The Morgan fingerprint density at radius 2 is 1.71 bits per heavy atom. The number of rotatable bonds is 4.